The number of likely N-dealkylation sites (N-methyl/N-ethyl adjacent to an activating group) is 1. The maximum Gasteiger partial charge on any atom is 0.161 e. The van der Waals surface area contributed by atoms with Crippen LogP contribution in [0, 0.1) is 0 Å². The van der Waals surface area contributed by atoms with E-state index in [4.69, 9.17) is 10.5 Å². The van der Waals surface area contributed by atoms with Crippen LogP contribution in [0.5, 0.6) is 0 Å². The van der Waals surface area contributed by atoms with Gasteiger partial charge in [-0.15, -0.1) is 0 Å². The van der Waals surface area contributed by atoms with Crippen molar-refractivity contribution in [2.75, 3.05) is 35.7 Å². The molecule has 1 aliphatic carbocycles. The molecule has 126 valence electrons. The number of nitrogens with one attached hydrogen (secondary N) is 1. The van der Waals surface area contributed by atoms with Crippen LogP contribution < -0.4 is 16.0 Å². The number of aromatic nitrogens is 2. The van der Waals surface area contributed by atoms with E-state index in [1.165, 1.54) is 25.6 Å². The Balaban J connectivity index is 1.39. The number of nitrogen functional groups attached to an aromatic ring is 1. The third-order valence-corrected chi connectivity index (χ3v) is 5.42. The number of hydrogen-bond donors (Lipinski definition) is 2. The number of rotatable bonds is 5. The van der Waals surface area contributed by atoms with Crippen molar-refractivity contribution in [3.05, 3.63) is 6.33 Å². The lowest BCUT2D eigenvalue weighted by molar-refractivity contribution is 0.00517. The molecule has 0 aromatic carbocycles. The fraction of sp³-hybridized carbons (Fsp3) is 0.750. The van der Waals surface area contributed by atoms with E-state index in [-0.39, 0.29) is 6.23 Å². The van der Waals surface area contributed by atoms with Crippen molar-refractivity contribution < 1.29 is 4.74 Å². The van der Waals surface area contributed by atoms with Crippen LogP contribution in [-0.4, -0.2) is 53.0 Å². The van der Waals surface area contributed by atoms with Gasteiger partial charge < -0.3 is 20.7 Å². The van der Waals surface area contributed by atoms with Crippen molar-refractivity contribution in [2.45, 2.75) is 57.4 Å². The zero-order valence-corrected chi connectivity index (χ0v) is 13.7. The zero-order chi connectivity index (χ0) is 15.8. The van der Waals surface area contributed by atoms with Crippen LogP contribution in [0.3, 0.4) is 0 Å². The predicted molar refractivity (Wildman–Crippen MR) is 90.2 cm³/mol. The van der Waals surface area contributed by atoms with E-state index < -0.39 is 0 Å². The van der Waals surface area contributed by atoms with Gasteiger partial charge in [-0.25, -0.2) is 9.97 Å². The van der Waals surface area contributed by atoms with Crippen LogP contribution in [0.4, 0.5) is 17.3 Å². The van der Waals surface area contributed by atoms with Crippen LogP contribution in [0.15, 0.2) is 6.33 Å². The van der Waals surface area contributed by atoms with Crippen molar-refractivity contribution in [3.63, 3.8) is 0 Å². The van der Waals surface area contributed by atoms with Gasteiger partial charge >= 0.3 is 0 Å². The van der Waals surface area contributed by atoms with Gasteiger partial charge in [0.1, 0.15) is 18.2 Å². The molecule has 3 heterocycles. The second-order valence-electron chi connectivity index (χ2n) is 6.72. The van der Waals surface area contributed by atoms with Gasteiger partial charge in [-0.2, -0.15) is 0 Å². The van der Waals surface area contributed by atoms with Gasteiger partial charge in [0.2, 0.25) is 0 Å². The Bertz CT molecular complexity index is 564. The first-order valence-electron chi connectivity index (χ1n) is 8.76. The molecular weight excluding hydrogens is 292 g/mol. The van der Waals surface area contributed by atoms with E-state index in [1.54, 1.807) is 0 Å². The minimum Gasteiger partial charge on any atom is -0.382 e. The van der Waals surface area contributed by atoms with Gasteiger partial charge in [0, 0.05) is 12.6 Å². The normalized spacial score (nSPS) is 27.1. The first kappa shape index (κ1) is 15.0. The van der Waals surface area contributed by atoms with Gasteiger partial charge in [0.15, 0.2) is 11.6 Å². The molecule has 7 heteroatoms. The topological polar surface area (TPSA) is 79.5 Å². The van der Waals surface area contributed by atoms with Crippen molar-refractivity contribution in [1.29, 1.82) is 0 Å². The van der Waals surface area contributed by atoms with E-state index >= 15 is 0 Å². The molecule has 3 N–H and O–H groups in total. The van der Waals surface area contributed by atoms with Crippen LogP contribution in [0.1, 0.15) is 39.0 Å². The quantitative estimate of drug-likeness (QED) is 0.854. The van der Waals surface area contributed by atoms with E-state index in [1.807, 2.05) is 0 Å². The summed E-state index contributed by atoms with van der Waals surface area (Å²) in [5.41, 5.74) is 6.75. The molecule has 0 bridgehead atoms. The highest BCUT2D eigenvalue weighted by Crippen LogP contribution is 2.37. The van der Waals surface area contributed by atoms with Gasteiger partial charge in [-0.3, -0.25) is 4.90 Å². The second-order valence-corrected chi connectivity index (χ2v) is 6.72. The molecule has 23 heavy (non-hydrogen) atoms. The zero-order valence-electron chi connectivity index (χ0n) is 13.7. The Kier molecular flexibility index (Phi) is 3.98. The smallest absolute Gasteiger partial charge is 0.161 e. The summed E-state index contributed by atoms with van der Waals surface area (Å²) in [5, 5.41) is 3.28. The molecule has 1 saturated heterocycles. The lowest BCUT2D eigenvalue weighted by Crippen LogP contribution is -2.44. The molecule has 7 nitrogen and oxygen atoms in total. The first-order valence-corrected chi connectivity index (χ1v) is 8.76. The number of anilines is 3. The van der Waals surface area contributed by atoms with Gasteiger partial charge in [-0.1, -0.05) is 13.3 Å². The van der Waals surface area contributed by atoms with E-state index in [2.05, 4.69) is 32.0 Å². The molecular formula is C16H26N6O. The lowest BCUT2D eigenvalue weighted by atomic mass is 9.91. The summed E-state index contributed by atoms with van der Waals surface area (Å²) in [6, 6.07) is 0.782. The molecule has 3 aliphatic rings. The first-order chi connectivity index (χ1) is 11.3. The lowest BCUT2D eigenvalue weighted by Gasteiger charge is -2.38. The molecule has 1 saturated carbocycles. The van der Waals surface area contributed by atoms with E-state index in [9.17, 15) is 0 Å². The molecule has 0 spiro atoms. The minimum atomic E-state index is 0.0862. The third kappa shape index (κ3) is 2.72. The molecule has 1 aromatic rings. The van der Waals surface area contributed by atoms with Gasteiger partial charge in [-0.05, 0) is 32.2 Å². The fourth-order valence-electron chi connectivity index (χ4n) is 3.85. The summed E-state index contributed by atoms with van der Waals surface area (Å²) in [6.45, 7) is 5.12. The van der Waals surface area contributed by atoms with E-state index in [0.717, 1.165) is 43.5 Å². The Morgan fingerprint density at radius 2 is 2.22 bits per heavy atom. The summed E-state index contributed by atoms with van der Waals surface area (Å²) >= 11 is 0. The average Bonchev–Trinajstić information content (AvgIpc) is 3.11. The van der Waals surface area contributed by atoms with E-state index in [0.29, 0.717) is 18.6 Å². The Morgan fingerprint density at radius 1 is 1.35 bits per heavy atom. The Hall–Kier alpha value is -1.60. The highest BCUT2D eigenvalue weighted by atomic mass is 16.5. The third-order valence-electron chi connectivity index (χ3n) is 5.42. The highest BCUT2D eigenvalue weighted by molar-refractivity contribution is 5.79. The minimum absolute atomic E-state index is 0.0862. The van der Waals surface area contributed by atoms with Crippen molar-refractivity contribution in [1.82, 2.24) is 14.9 Å². The number of nitrogens with two attached hydrogens (primary N) is 1. The van der Waals surface area contributed by atoms with Gasteiger partial charge in [0.25, 0.3) is 0 Å². The molecule has 2 fully saturated rings. The van der Waals surface area contributed by atoms with Crippen LogP contribution >= 0.6 is 0 Å². The van der Waals surface area contributed by atoms with Crippen molar-refractivity contribution in [3.8, 4) is 0 Å². The summed E-state index contributed by atoms with van der Waals surface area (Å²) in [6.07, 6.45) is 8.17. The number of nitrogens with zero attached hydrogens (tertiary/aromatic N) is 4. The molecule has 2 unspecified atom stereocenters. The largest absolute Gasteiger partial charge is 0.382 e. The number of ether oxygens (including phenoxy) is 1. The highest BCUT2D eigenvalue weighted by Gasteiger charge is 2.36. The summed E-state index contributed by atoms with van der Waals surface area (Å²) < 4.78 is 6.34. The van der Waals surface area contributed by atoms with Crippen molar-refractivity contribution in [2.24, 2.45) is 0 Å². The van der Waals surface area contributed by atoms with Crippen molar-refractivity contribution >= 4 is 17.3 Å². The molecule has 1 aromatic heterocycles. The molecule has 0 radical (unpaired) electrons. The summed E-state index contributed by atoms with van der Waals surface area (Å²) in [7, 11) is 0. The van der Waals surface area contributed by atoms with Crippen LogP contribution in [-0.2, 0) is 4.74 Å². The van der Waals surface area contributed by atoms with Gasteiger partial charge in [0.05, 0.1) is 12.8 Å². The monoisotopic (exact) mass is 318 g/mol. The Morgan fingerprint density at radius 3 is 2.96 bits per heavy atom. The second kappa shape index (κ2) is 6.13. The Labute approximate surface area is 137 Å². The number of fused-ring (bicyclic) bond motifs is 1. The maximum absolute atomic E-state index is 6.34. The number of hydrogen-bond acceptors (Lipinski definition) is 7. The molecule has 4 rings (SSSR count). The average molecular weight is 318 g/mol. The predicted octanol–water partition coefficient (Wildman–Crippen LogP) is 1.63. The maximum atomic E-state index is 6.34. The standard InChI is InChI=1S/C16H26N6O/c1-2-21(11-4-3-5-11)8-12-6-7-13(23-12)22-10-20-14-15(17)18-9-19-16(14)22/h9,11-13,20H,2-8,10H2,1H3,(H2,17,18,19). The molecule has 2 atom stereocenters. The summed E-state index contributed by atoms with van der Waals surface area (Å²) in [5.74, 6) is 1.38. The fourth-order valence-corrected chi connectivity index (χ4v) is 3.85. The van der Waals surface area contributed by atoms with Crippen LogP contribution in [0.2, 0.25) is 0 Å². The summed E-state index contributed by atoms with van der Waals surface area (Å²) in [4.78, 5) is 13.2. The molecule has 0 amide bonds. The SMILES string of the molecule is CCN(CC1CCC(N2CNc3c(N)ncnc32)O1)C1CCC1. The van der Waals surface area contributed by atoms with Crippen LogP contribution in [0.25, 0.3) is 0 Å². The molecule has 2 aliphatic heterocycles.